The van der Waals surface area contributed by atoms with E-state index in [1.165, 1.54) is 6.92 Å². The van der Waals surface area contributed by atoms with Crippen molar-refractivity contribution in [1.82, 2.24) is 5.32 Å². The van der Waals surface area contributed by atoms with Gasteiger partial charge in [-0.1, -0.05) is 0 Å². The molecule has 0 spiro atoms. The van der Waals surface area contributed by atoms with Crippen LogP contribution in [0.5, 0.6) is 0 Å². The number of nitro groups is 1. The molecule has 0 heterocycles. The molecule has 0 fully saturated rings. The van der Waals surface area contributed by atoms with Crippen LogP contribution in [0.1, 0.15) is 35.2 Å². The van der Waals surface area contributed by atoms with Crippen molar-refractivity contribution in [2.45, 2.75) is 26.2 Å². The van der Waals surface area contributed by atoms with E-state index in [2.05, 4.69) is 5.32 Å². The monoisotopic (exact) mass is 298 g/mol. The number of unbranched alkanes of at least 4 members (excludes halogenated alkanes) is 1. The van der Waals surface area contributed by atoms with Crippen LogP contribution < -0.4 is 5.32 Å². The molecule has 0 saturated heterocycles. The van der Waals surface area contributed by atoms with Crippen LogP contribution in [0.25, 0.3) is 0 Å². The minimum absolute atomic E-state index is 0.0188. The molecule has 1 aromatic rings. The molecule has 0 radical (unpaired) electrons. The van der Waals surface area contributed by atoms with Crippen LogP contribution in [0.2, 0.25) is 0 Å². The van der Waals surface area contributed by atoms with Crippen LogP contribution >= 0.6 is 0 Å². The van der Waals surface area contributed by atoms with Crippen LogP contribution in [0.15, 0.2) is 12.1 Å². The number of nitrogens with zero attached hydrogens (tertiary/aromatic N) is 1. The molecule has 1 amide bonds. The maximum Gasteiger partial charge on any atom is 0.303 e. The van der Waals surface area contributed by atoms with Crippen LogP contribution in [0.3, 0.4) is 0 Å². The Hall–Kier alpha value is -2.51. The molecule has 8 heteroatoms. The molecule has 0 aromatic heterocycles. The first kappa shape index (κ1) is 16.5. The van der Waals surface area contributed by atoms with Gasteiger partial charge in [-0.2, -0.15) is 0 Å². The first-order valence-corrected chi connectivity index (χ1v) is 6.27. The Kier molecular flexibility index (Phi) is 5.77. The van der Waals surface area contributed by atoms with E-state index in [0.717, 1.165) is 12.1 Å². The van der Waals surface area contributed by atoms with Gasteiger partial charge < -0.3 is 10.4 Å². The number of rotatable bonds is 7. The predicted octanol–water partition coefficient (Wildman–Crippen LogP) is 2.03. The third-order valence-corrected chi connectivity index (χ3v) is 2.80. The van der Waals surface area contributed by atoms with Gasteiger partial charge in [0.15, 0.2) is 0 Å². The number of amides is 1. The van der Waals surface area contributed by atoms with Crippen LogP contribution in [0.4, 0.5) is 10.1 Å². The Morgan fingerprint density at radius 1 is 1.38 bits per heavy atom. The Bertz CT molecular complexity index is 574. The van der Waals surface area contributed by atoms with Crippen molar-refractivity contribution in [2.24, 2.45) is 0 Å². The van der Waals surface area contributed by atoms with Crippen molar-refractivity contribution in [3.8, 4) is 0 Å². The molecule has 1 rings (SSSR count). The SMILES string of the molecule is Cc1cc(F)cc(C(=O)NCCCCC(=O)O)c1[N+](=O)[O-]. The van der Waals surface area contributed by atoms with E-state index < -0.39 is 28.3 Å². The summed E-state index contributed by atoms with van der Waals surface area (Å²) in [4.78, 5) is 32.4. The number of aryl methyl sites for hydroxylation is 1. The van der Waals surface area contributed by atoms with E-state index in [0.29, 0.717) is 12.8 Å². The van der Waals surface area contributed by atoms with Gasteiger partial charge in [0, 0.05) is 18.5 Å². The summed E-state index contributed by atoms with van der Waals surface area (Å²) in [6.07, 6.45) is 0.773. The van der Waals surface area contributed by atoms with Crippen LogP contribution in [0, 0.1) is 22.9 Å². The van der Waals surface area contributed by atoms with E-state index in [1.807, 2.05) is 0 Å². The Morgan fingerprint density at radius 3 is 2.62 bits per heavy atom. The molecule has 0 bridgehead atoms. The van der Waals surface area contributed by atoms with E-state index in [1.54, 1.807) is 0 Å². The van der Waals surface area contributed by atoms with Crippen molar-refractivity contribution in [2.75, 3.05) is 6.54 Å². The van der Waals surface area contributed by atoms with Gasteiger partial charge >= 0.3 is 5.97 Å². The minimum atomic E-state index is -0.933. The van der Waals surface area contributed by atoms with E-state index in [-0.39, 0.29) is 24.1 Å². The highest BCUT2D eigenvalue weighted by Crippen LogP contribution is 2.24. The zero-order valence-electron chi connectivity index (χ0n) is 11.4. The Balaban J connectivity index is 2.74. The highest BCUT2D eigenvalue weighted by Gasteiger charge is 2.23. The van der Waals surface area contributed by atoms with Crippen molar-refractivity contribution < 1.29 is 24.0 Å². The number of hydrogen-bond acceptors (Lipinski definition) is 4. The van der Waals surface area contributed by atoms with Gasteiger partial charge in [0.25, 0.3) is 11.6 Å². The molecule has 0 atom stereocenters. The van der Waals surface area contributed by atoms with E-state index in [9.17, 15) is 24.1 Å². The Labute approximate surface area is 119 Å². The van der Waals surface area contributed by atoms with Crippen molar-refractivity contribution in [3.63, 3.8) is 0 Å². The molecule has 1 aromatic carbocycles. The largest absolute Gasteiger partial charge is 0.481 e. The maximum atomic E-state index is 13.3. The molecule has 21 heavy (non-hydrogen) atoms. The summed E-state index contributed by atoms with van der Waals surface area (Å²) < 4.78 is 13.3. The van der Waals surface area contributed by atoms with Gasteiger partial charge in [0.1, 0.15) is 11.4 Å². The zero-order valence-corrected chi connectivity index (χ0v) is 11.4. The fraction of sp³-hybridized carbons (Fsp3) is 0.385. The maximum absolute atomic E-state index is 13.3. The number of benzene rings is 1. The number of nitro benzene ring substituents is 1. The number of carboxylic acids is 1. The highest BCUT2D eigenvalue weighted by atomic mass is 19.1. The fourth-order valence-corrected chi connectivity index (χ4v) is 1.85. The molecule has 7 nitrogen and oxygen atoms in total. The third-order valence-electron chi connectivity index (χ3n) is 2.80. The average molecular weight is 298 g/mol. The summed E-state index contributed by atoms with van der Waals surface area (Å²) in [7, 11) is 0. The summed E-state index contributed by atoms with van der Waals surface area (Å²) in [5, 5.41) is 21.8. The summed E-state index contributed by atoms with van der Waals surface area (Å²) in [6.45, 7) is 1.52. The quantitative estimate of drug-likeness (QED) is 0.454. The fourth-order valence-electron chi connectivity index (χ4n) is 1.85. The average Bonchev–Trinajstić information content (AvgIpc) is 2.36. The first-order chi connectivity index (χ1) is 9.82. The first-order valence-electron chi connectivity index (χ1n) is 6.27. The predicted molar refractivity (Wildman–Crippen MR) is 71.6 cm³/mol. The van der Waals surface area contributed by atoms with Crippen LogP contribution in [-0.2, 0) is 4.79 Å². The van der Waals surface area contributed by atoms with Gasteiger partial charge in [-0.25, -0.2) is 4.39 Å². The van der Waals surface area contributed by atoms with Crippen LogP contribution in [-0.4, -0.2) is 28.5 Å². The molecular weight excluding hydrogens is 283 g/mol. The number of nitrogens with one attached hydrogen (secondary N) is 1. The molecule has 0 unspecified atom stereocenters. The number of halogens is 1. The summed E-state index contributed by atoms with van der Waals surface area (Å²) >= 11 is 0. The van der Waals surface area contributed by atoms with Gasteiger partial charge in [0.2, 0.25) is 0 Å². The smallest absolute Gasteiger partial charge is 0.303 e. The van der Waals surface area contributed by atoms with Gasteiger partial charge in [-0.05, 0) is 31.9 Å². The lowest BCUT2D eigenvalue weighted by molar-refractivity contribution is -0.385. The molecule has 2 N–H and O–H groups in total. The molecule has 0 saturated carbocycles. The summed E-state index contributed by atoms with van der Waals surface area (Å²) in [5.41, 5.74) is -0.703. The summed E-state index contributed by atoms with van der Waals surface area (Å²) in [5.74, 6) is -2.41. The number of carbonyl (C=O) groups is 2. The molecule has 0 aliphatic heterocycles. The molecule has 0 aliphatic carbocycles. The second kappa shape index (κ2) is 7.32. The number of carboxylic acid groups (broad SMARTS) is 1. The second-order valence-electron chi connectivity index (χ2n) is 4.48. The van der Waals surface area contributed by atoms with Crippen molar-refractivity contribution in [3.05, 3.63) is 39.2 Å². The topological polar surface area (TPSA) is 110 Å². The number of aliphatic carboxylic acids is 1. The minimum Gasteiger partial charge on any atom is -0.481 e. The molecule has 114 valence electrons. The lowest BCUT2D eigenvalue weighted by Crippen LogP contribution is -2.25. The standard InChI is InChI=1S/C13H15FN2O5/c1-8-6-9(14)7-10(12(8)16(20)21)13(19)15-5-3-2-4-11(17)18/h6-7H,2-5H2,1H3,(H,15,19)(H,17,18). The molecule has 0 aliphatic rings. The highest BCUT2D eigenvalue weighted by molar-refractivity contribution is 5.98. The second-order valence-corrected chi connectivity index (χ2v) is 4.48. The third kappa shape index (κ3) is 4.83. The number of carbonyl (C=O) groups excluding carboxylic acids is 1. The van der Waals surface area contributed by atoms with Crippen molar-refractivity contribution in [1.29, 1.82) is 0 Å². The van der Waals surface area contributed by atoms with Gasteiger partial charge in [0.05, 0.1) is 4.92 Å². The number of hydrogen-bond donors (Lipinski definition) is 2. The van der Waals surface area contributed by atoms with E-state index >= 15 is 0 Å². The van der Waals surface area contributed by atoms with Crippen molar-refractivity contribution >= 4 is 17.6 Å². The van der Waals surface area contributed by atoms with E-state index in [4.69, 9.17) is 5.11 Å². The lowest BCUT2D eigenvalue weighted by Gasteiger charge is -2.07. The Morgan fingerprint density at radius 2 is 2.05 bits per heavy atom. The zero-order chi connectivity index (χ0) is 16.0. The van der Waals surface area contributed by atoms with Gasteiger partial charge in [-0.3, -0.25) is 19.7 Å². The lowest BCUT2D eigenvalue weighted by atomic mass is 10.1. The molecular formula is C13H15FN2O5. The summed E-state index contributed by atoms with van der Waals surface area (Å²) in [6, 6.07) is 1.81. The normalized spacial score (nSPS) is 10.2. The van der Waals surface area contributed by atoms with Gasteiger partial charge in [-0.15, -0.1) is 0 Å².